The molecule has 0 aliphatic heterocycles. The van der Waals surface area contributed by atoms with Crippen LogP contribution in [-0.2, 0) is 6.54 Å². The van der Waals surface area contributed by atoms with E-state index in [0.29, 0.717) is 40.0 Å². The number of primary amides is 1. The number of methoxy groups -OCH3 is 2. The molecule has 134 valence electrons. The minimum atomic E-state index is -0.512. The van der Waals surface area contributed by atoms with Crippen LogP contribution in [-0.4, -0.2) is 30.3 Å². The van der Waals surface area contributed by atoms with Crippen molar-refractivity contribution in [2.24, 2.45) is 5.73 Å². The Balaban J connectivity index is 1.78. The van der Waals surface area contributed by atoms with E-state index in [1.54, 1.807) is 56.7 Å². The number of anilines is 1. The third-order valence-corrected chi connectivity index (χ3v) is 3.74. The molecule has 0 fully saturated rings. The van der Waals surface area contributed by atoms with Crippen molar-refractivity contribution in [3.05, 3.63) is 53.9 Å². The summed E-state index contributed by atoms with van der Waals surface area (Å²) in [5, 5.41) is 7.06. The number of nitrogens with zero attached hydrogens (tertiary/aromatic N) is 2. The summed E-state index contributed by atoms with van der Waals surface area (Å²) in [5.41, 5.74) is 7.04. The minimum Gasteiger partial charge on any atom is -0.497 e. The van der Waals surface area contributed by atoms with Crippen LogP contribution in [0, 0.1) is 0 Å². The molecule has 0 radical (unpaired) electrons. The number of hydrogen-bond donors (Lipinski definition) is 2. The standard InChI is InChI=1S/C18H18N4O4/c1-24-11-7-8-13(15(9-11)25-2)18-21-16(26-22-18)10-20-14-6-4-3-5-12(14)17(19)23/h3-9,20H,10H2,1-2H3,(H2,19,23). The molecule has 1 aromatic heterocycles. The number of carbonyl (C=O) groups is 1. The van der Waals surface area contributed by atoms with Gasteiger partial charge in [0.15, 0.2) is 0 Å². The summed E-state index contributed by atoms with van der Waals surface area (Å²) >= 11 is 0. The van der Waals surface area contributed by atoms with Crippen molar-refractivity contribution in [2.45, 2.75) is 6.54 Å². The first-order valence-electron chi connectivity index (χ1n) is 7.80. The van der Waals surface area contributed by atoms with Crippen molar-refractivity contribution in [3.63, 3.8) is 0 Å². The van der Waals surface area contributed by atoms with Gasteiger partial charge in [-0.3, -0.25) is 4.79 Å². The van der Waals surface area contributed by atoms with Gasteiger partial charge in [0.1, 0.15) is 11.5 Å². The van der Waals surface area contributed by atoms with E-state index in [4.69, 9.17) is 19.7 Å². The first kappa shape index (κ1) is 17.3. The lowest BCUT2D eigenvalue weighted by Gasteiger charge is -2.07. The largest absolute Gasteiger partial charge is 0.497 e. The highest BCUT2D eigenvalue weighted by Gasteiger charge is 2.15. The van der Waals surface area contributed by atoms with E-state index in [2.05, 4.69) is 15.5 Å². The van der Waals surface area contributed by atoms with Crippen molar-refractivity contribution >= 4 is 11.6 Å². The number of nitrogens with one attached hydrogen (secondary N) is 1. The maximum atomic E-state index is 11.5. The molecule has 2 aromatic carbocycles. The van der Waals surface area contributed by atoms with Crippen molar-refractivity contribution in [3.8, 4) is 22.9 Å². The molecule has 1 heterocycles. The molecule has 0 aliphatic rings. The molecular weight excluding hydrogens is 336 g/mol. The predicted molar refractivity (Wildman–Crippen MR) is 95.1 cm³/mol. The smallest absolute Gasteiger partial charge is 0.250 e. The average Bonchev–Trinajstić information content (AvgIpc) is 3.14. The summed E-state index contributed by atoms with van der Waals surface area (Å²) in [7, 11) is 3.14. The van der Waals surface area contributed by atoms with Crippen molar-refractivity contribution in [1.29, 1.82) is 0 Å². The molecule has 3 rings (SSSR count). The van der Waals surface area contributed by atoms with Gasteiger partial charge in [-0.1, -0.05) is 17.3 Å². The minimum absolute atomic E-state index is 0.246. The van der Waals surface area contributed by atoms with Gasteiger partial charge in [-0.05, 0) is 24.3 Å². The molecule has 8 nitrogen and oxygen atoms in total. The van der Waals surface area contributed by atoms with Crippen molar-refractivity contribution in [2.75, 3.05) is 19.5 Å². The fourth-order valence-electron chi connectivity index (χ4n) is 2.44. The second kappa shape index (κ2) is 7.56. The number of carbonyl (C=O) groups excluding carboxylic acids is 1. The van der Waals surface area contributed by atoms with Crippen molar-refractivity contribution < 1.29 is 18.8 Å². The Morgan fingerprint density at radius 1 is 1.19 bits per heavy atom. The summed E-state index contributed by atoms with van der Waals surface area (Å²) in [6, 6.07) is 12.3. The highest BCUT2D eigenvalue weighted by Crippen LogP contribution is 2.31. The number of benzene rings is 2. The zero-order valence-electron chi connectivity index (χ0n) is 14.4. The van der Waals surface area contributed by atoms with Gasteiger partial charge >= 0.3 is 0 Å². The van der Waals surface area contributed by atoms with Gasteiger partial charge in [-0.2, -0.15) is 4.98 Å². The molecule has 3 aromatic rings. The molecule has 0 atom stereocenters. The molecule has 0 saturated carbocycles. The number of amides is 1. The van der Waals surface area contributed by atoms with Crippen LogP contribution in [0.3, 0.4) is 0 Å². The Kier molecular flexibility index (Phi) is 5.02. The van der Waals surface area contributed by atoms with E-state index in [-0.39, 0.29) is 6.54 Å². The van der Waals surface area contributed by atoms with E-state index in [1.807, 2.05) is 0 Å². The molecule has 1 amide bonds. The Morgan fingerprint density at radius 3 is 2.73 bits per heavy atom. The topological polar surface area (TPSA) is 112 Å². The number of hydrogen-bond acceptors (Lipinski definition) is 7. The number of ether oxygens (including phenoxy) is 2. The first-order valence-corrected chi connectivity index (χ1v) is 7.80. The number of aromatic nitrogens is 2. The van der Waals surface area contributed by atoms with E-state index in [1.165, 1.54) is 0 Å². The summed E-state index contributed by atoms with van der Waals surface area (Å²) in [4.78, 5) is 15.8. The van der Waals surface area contributed by atoms with Gasteiger partial charge in [0.25, 0.3) is 5.91 Å². The van der Waals surface area contributed by atoms with Crippen LogP contribution in [0.1, 0.15) is 16.2 Å². The van der Waals surface area contributed by atoms with E-state index in [9.17, 15) is 4.79 Å². The number of nitrogens with two attached hydrogens (primary N) is 1. The van der Waals surface area contributed by atoms with Crippen molar-refractivity contribution in [1.82, 2.24) is 10.1 Å². The SMILES string of the molecule is COc1ccc(-c2noc(CNc3ccccc3C(N)=O)n2)c(OC)c1. The normalized spacial score (nSPS) is 10.4. The Labute approximate surface area is 149 Å². The zero-order chi connectivity index (χ0) is 18.5. The zero-order valence-corrected chi connectivity index (χ0v) is 14.4. The second-order valence-corrected chi connectivity index (χ2v) is 5.34. The first-order chi connectivity index (χ1) is 12.6. The second-order valence-electron chi connectivity index (χ2n) is 5.34. The van der Waals surface area contributed by atoms with Gasteiger partial charge in [0, 0.05) is 11.8 Å². The molecule has 0 spiro atoms. The van der Waals surface area contributed by atoms with Crippen LogP contribution in [0.5, 0.6) is 11.5 Å². The van der Waals surface area contributed by atoms with Gasteiger partial charge < -0.3 is 25.0 Å². The van der Waals surface area contributed by atoms with Crippen LogP contribution in [0.25, 0.3) is 11.4 Å². The molecule has 0 aliphatic carbocycles. The van der Waals surface area contributed by atoms with Crippen LogP contribution >= 0.6 is 0 Å². The highest BCUT2D eigenvalue weighted by atomic mass is 16.5. The molecule has 0 unspecified atom stereocenters. The molecule has 0 saturated heterocycles. The van der Waals surface area contributed by atoms with Gasteiger partial charge in [-0.15, -0.1) is 0 Å². The van der Waals surface area contributed by atoms with Crippen LogP contribution in [0.2, 0.25) is 0 Å². The Bertz CT molecular complexity index is 923. The molecule has 8 heteroatoms. The van der Waals surface area contributed by atoms with Gasteiger partial charge in [0.2, 0.25) is 11.7 Å². The van der Waals surface area contributed by atoms with Crippen LogP contribution < -0.4 is 20.5 Å². The lowest BCUT2D eigenvalue weighted by molar-refractivity contribution is 0.100. The highest BCUT2D eigenvalue weighted by molar-refractivity contribution is 5.98. The number of para-hydroxylation sites is 1. The fourth-order valence-corrected chi connectivity index (χ4v) is 2.44. The van der Waals surface area contributed by atoms with Gasteiger partial charge in [-0.25, -0.2) is 0 Å². The number of rotatable bonds is 7. The summed E-state index contributed by atoms with van der Waals surface area (Å²) in [6.07, 6.45) is 0. The van der Waals surface area contributed by atoms with Crippen LogP contribution in [0.15, 0.2) is 47.0 Å². The molecule has 26 heavy (non-hydrogen) atoms. The van der Waals surface area contributed by atoms with E-state index in [0.717, 1.165) is 0 Å². The maximum Gasteiger partial charge on any atom is 0.250 e. The summed E-state index contributed by atoms with van der Waals surface area (Å²) in [6.45, 7) is 0.246. The van der Waals surface area contributed by atoms with E-state index >= 15 is 0 Å². The monoisotopic (exact) mass is 354 g/mol. The summed E-state index contributed by atoms with van der Waals surface area (Å²) < 4.78 is 15.8. The van der Waals surface area contributed by atoms with E-state index < -0.39 is 5.91 Å². The summed E-state index contributed by atoms with van der Waals surface area (Å²) in [5.74, 6) is 1.48. The van der Waals surface area contributed by atoms with Gasteiger partial charge in [0.05, 0.1) is 31.9 Å². The molecular formula is C18H18N4O4. The Hall–Kier alpha value is -3.55. The fraction of sp³-hybridized carbons (Fsp3) is 0.167. The molecule has 0 bridgehead atoms. The maximum absolute atomic E-state index is 11.5. The Morgan fingerprint density at radius 2 is 2.00 bits per heavy atom. The lowest BCUT2D eigenvalue weighted by Crippen LogP contribution is -2.14. The average molecular weight is 354 g/mol. The molecule has 3 N–H and O–H groups in total. The third kappa shape index (κ3) is 3.59. The predicted octanol–water partition coefficient (Wildman–Crippen LogP) is 2.46. The quantitative estimate of drug-likeness (QED) is 0.670. The third-order valence-electron chi connectivity index (χ3n) is 3.74. The lowest BCUT2D eigenvalue weighted by atomic mass is 10.1. The van der Waals surface area contributed by atoms with Crippen LogP contribution in [0.4, 0.5) is 5.69 Å².